The molecule has 0 unspecified atom stereocenters. The van der Waals surface area contributed by atoms with Gasteiger partial charge in [0, 0.05) is 25.4 Å². The lowest BCUT2D eigenvalue weighted by Gasteiger charge is -2.20. The van der Waals surface area contributed by atoms with Crippen LogP contribution in [0.1, 0.15) is 29.2 Å². The average Bonchev–Trinajstić information content (AvgIpc) is 2.71. The first-order valence-corrected chi connectivity index (χ1v) is 10.00. The van der Waals surface area contributed by atoms with Gasteiger partial charge in [0.1, 0.15) is 5.57 Å². The molecule has 0 spiro atoms. The van der Waals surface area contributed by atoms with Gasteiger partial charge in [-0.25, -0.2) is 13.8 Å². The number of nitrogens with one attached hydrogen (secondary N) is 2. The summed E-state index contributed by atoms with van der Waals surface area (Å²) in [4.78, 5) is 22.1. The minimum atomic E-state index is -2.42. The Hall–Kier alpha value is -3.62. The molecule has 7 nitrogen and oxygen atoms in total. The number of amides is 1. The van der Waals surface area contributed by atoms with Crippen molar-refractivity contribution in [3.63, 3.8) is 0 Å². The van der Waals surface area contributed by atoms with Crippen molar-refractivity contribution in [1.29, 1.82) is 5.41 Å². The fourth-order valence-electron chi connectivity index (χ4n) is 3.34. The Balaban J connectivity index is 2.14. The van der Waals surface area contributed by atoms with Crippen LogP contribution in [-0.2, 0) is 17.6 Å². The zero-order chi connectivity index (χ0) is 23.8. The molecule has 0 bridgehead atoms. The number of aliphatic imine (C=N–C) groups is 1. The van der Waals surface area contributed by atoms with Crippen LogP contribution in [0.4, 0.5) is 20.2 Å². The predicted molar refractivity (Wildman–Crippen MR) is 123 cm³/mol. The van der Waals surface area contributed by atoms with Crippen LogP contribution in [0.15, 0.2) is 47.4 Å². The quantitative estimate of drug-likeness (QED) is 0.240. The van der Waals surface area contributed by atoms with Crippen LogP contribution in [0.25, 0.3) is 0 Å². The van der Waals surface area contributed by atoms with Crippen molar-refractivity contribution in [3.8, 4) is 0 Å². The largest absolute Gasteiger partial charge is 0.515 e. The number of hydrogen-bond acceptors (Lipinski definition) is 4. The number of carbonyl (C=O) groups is 1. The molecule has 1 heterocycles. The van der Waals surface area contributed by atoms with E-state index in [1.807, 2.05) is 6.92 Å². The molecule has 2 rings (SSSR count). The van der Waals surface area contributed by atoms with Crippen LogP contribution in [0.3, 0.4) is 0 Å². The van der Waals surface area contributed by atoms with Crippen molar-refractivity contribution in [2.75, 3.05) is 17.3 Å². The van der Waals surface area contributed by atoms with Crippen molar-refractivity contribution in [1.82, 2.24) is 4.98 Å². The minimum absolute atomic E-state index is 0.319. The summed E-state index contributed by atoms with van der Waals surface area (Å²) in [5.41, 5.74) is 3.90. The molecule has 0 aliphatic heterocycles. The van der Waals surface area contributed by atoms with Crippen LogP contribution in [0.5, 0.6) is 0 Å². The van der Waals surface area contributed by atoms with E-state index in [4.69, 9.17) is 5.41 Å². The fraction of sp³-hybridized carbons (Fsp3) is 0.304. The highest BCUT2D eigenvalue weighted by molar-refractivity contribution is 6.24. The number of anilines is 2. The van der Waals surface area contributed by atoms with Gasteiger partial charge in [-0.2, -0.15) is 0 Å². The van der Waals surface area contributed by atoms with Crippen LogP contribution < -0.4 is 10.2 Å². The number of rotatable bonds is 8. The molecule has 1 aromatic heterocycles. The van der Waals surface area contributed by atoms with Gasteiger partial charge in [-0.3, -0.25) is 15.2 Å². The van der Waals surface area contributed by atoms with Gasteiger partial charge in [-0.1, -0.05) is 19.1 Å². The SMILES string of the molecule is CCc1cncc(NC(=O)/C(=C\O)C(=N)N=CN(C)c2c(C)cc(CC(F)F)cc2C)c1. The van der Waals surface area contributed by atoms with Crippen LogP contribution >= 0.6 is 0 Å². The molecular formula is C23H27F2N5O2. The molecule has 0 aliphatic rings. The maximum atomic E-state index is 12.7. The highest BCUT2D eigenvalue weighted by atomic mass is 19.3. The fourth-order valence-corrected chi connectivity index (χ4v) is 3.34. The van der Waals surface area contributed by atoms with E-state index >= 15 is 0 Å². The zero-order valence-corrected chi connectivity index (χ0v) is 18.5. The molecule has 0 atom stereocenters. The van der Waals surface area contributed by atoms with Gasteiger partial charge in [0.2, 0.25) is 6.43 Å². The number of pyridine rings is 1. The summed E-state index contributed by atoms with van der Waals surface area (Å²) in [6.45, 7) is 5.56. The third kappa shape index (κ3) is 6.44. The van der Waals surface area contributed by atoms with E-state index in [9.17, 15) is 18.7 Å². The van der Waals surface area contributed by atoms with Crippen molar-refractivity contribution in [2.24, 2.45) is 4.99 Å². The molecule has 170 valence electrons. The van der Waals surface area contributed by atoms with E-state index in [1.165, 1.54) is 12.5 Å². The Morgan fingerprint density at radius 3 is 2.47 bits per heavy atom. The Morgan fingerprint density at radius 2 is 1.91 bits per heavy atom. The summed E-state index contributed by atoms with van der Waals surface area (Å²) >= 11 is 0. The molecule has 0 radical (unpaired) electrons. The van der Waals surface area contributed by atoms with E-state index in [1.54, 1.807) is 50.2 Å². The maximum absolute atomic E-state index is 12.7. The number of benzene rings is 1. The Morgan fingerprint density at radius 1 is 1.25 bits per heavy atom. The van der Waals surface area contributed by atoms with Crippen molar-refractivity contribution >= 4 is 29.5 Å². The molecule has 1 amide bonds. The summed E-state index contributed by atoms with van der Waals surface area (Å²) < 4.78 is 25.4. The van der Waals surface area contributed by atoms with Crippen LogP contribution in [0, 0.1) is 19.3 Å². The number of amidine groups is 1. The van der Waals surface area contributed by atoms with E-state index in [-0.39, 0.29) is 12.0 Å². The summed E-state index contributed by atoms with van der Waals surface area (Å²) in [6.07, 6.45) is 3.02. The molecule has 0 fully saturated rings. The molecule has 1 aromatic carbocycles. The summed E-state index contributed by atoms with van der Waals surface area (Å²) in [6, 6.07) is 5.13. The number of aromatic nitrogens is 1. The second kappa shape index (κ2) is 11.1. The lowest BCUT2D eigenvalue weighted by atomic mass is 10.0. The van der Waals surface area contributed by atoms with Gasteiger partial charge in [0.15, 0.2) is 5.84 Å². The number of halogens is 2. The number of aliphatic hydroxyl groups excluding tert-OH is 1. The standard InChI is InChI=1S/C23H27F2N5O2/c1-5-16-8-18(11-27-10-16)29-23(32)19(12-31)22(26)28-13-30(4)21-14(2)6-17(7-15(21)3)9-20(24)25/h6-8,10-13,20,26,31H,5,9H2,1-4H3,(H,29,32)/b19-12-,26-22?,28-13?. The second-order valence-corrected chi connectivity index (χ2v) is 7.31. The van der Waals surface area contributed by atoms with E-state index in [2.05, 4.69) is 15.3 Å². The van der Waals surface area contributed by atoms with Crippen LogP contribution in [0.2, 0.25) is 0 Å². The number of hydrogen-bond donors (Lipinski definition) is 3. The van der Waals surface area contributed by atoms with Crippen molar-refractivity contribution in [2.45, 2.75) is 40.0 Å². The second-order valence-electron chi connectivity index (χ2n) is 7.31. The van der Waals surface area contributed by atoms with Crippen LogP contribution in [-0.4, -0.2) is 41.6 Å². The topological polar surface area (TPSA) is 102 Å². The van der Waals surface area contributed by atoms with E-state index in [0.29, 0.717) is 17.5 Å². The lowest BCUT2D eigenvalue weighted by molar-refractivity contribution is -0.112. The average molecular weight is 443 g/mol. The molecule has 3 N–H and O–H groups in total. The summed E-state index contributed by atoms with van der Waals surface area (Å²) in [5.74, 6) is -1.14. The monoisotopic (exact) mass is 443 g/mol. The maximum Gasteiger partial charge on any atom is 0.262 e. The number of aliphatic hydroxyl groups is 1. The van der Waals surface area contributed by atoms with Crippen molar-refractivity contribution in [3.05, 3.63) is 64.7 Å². The zero-order valence-electron chi connectivity index (χ0n) is 18.5. The molecule has 0 saturated heterocycles. The minimum Gasteiger partial charge on any atom is -0.515 e. The van der Waals surface area contributed by atoms with Gasteiger partial charge in [-0.15, -0.1) is 0 Å². The first-order chi connectivity index (χ1) is 15.2. The first kappa shape index (κ1) is 24.6. The number of aryl methyl sites for hydroxylation is 3. The van der Waals surface area contributed by atoms with E-state index < -0.39 is 18.2 Å². The van der Waals surface area contributed by atoms with Gasteiger partial charge in [0.25, 0.3) is 5.91 Å². The first-order valence-electron chi connectivity index (χ1n) is 10.00. The number of nitrogens with zero attached hydrogens (tertiary/aromatic N) is 3. The summed E-state index contributed by atoms with van der Waals surface area (Å²) in [5, 5.41) is 20.2. The number of alkyl halides is 2. The Bertz CT molecular complexity index is 1030. The van der Waals surface area contributed by atoms with E-state index in [0.717, 1.165) is 28.8 Å². The molecule has 32 heavy (non-hydrogen) atoms. The molecule has 0 saturated carbocycles. The highest BCUT2D eigenvalue weighted by Crippen LogP contribution is 2.26. The molecular weight excluding hydrogens is 416 g/mol. The number of carbonyl (C=O) groups excluding carboxylic acids is 1. The van der Waals surface area contributed by atoms with Crippen molar-refractivity contribution < 1.29 is 18.7 Å². The summed E-state index contributed by atoms with van der Waals surface area (Å²) in [7, 11) is 1.70. The molecule has 9 heteroatoms. The Kier molecular flexibility index (Phi) is 8.57. The predicted octanol–water partition coefficient (Wildman–Crippen LogP) is 4.59. The third-order valence-corrected chi connectivity index (χ3v) is 4.74. The highest BCUT2D eigenvalue weighted by Gasteiger charge is 2.16. The van der Waals surface area contributed by atoms with Gasteiger partial charge in [0.05, 0.1) is 24.5 Å². The molecule has 0 aliphatic carbocycles. The molecule has 2 aromatic rings. The Labute approximate surface area is 186 Å². The smallest absolute Gasteiger partial charge is 0.262 e. The normalized spacial score (nSPS) is 11.8. The third-order valence-electron chi connectivity index (χ3n) is 4.74. The van der Waals surface area contributed by atoms with Gasteiger partial charge >= 0.3 is 0 Å². The lowest BCUT2D eigenvalue weighted by Crippen LogP contribution is -2.22. The van der Waals surface area contributed by atoms with Gasteiger partial charge < -0.3 is 15.3 Å². The van der Waals surface area contributed by atoms with Gasteiger partial charge in [-0.05, 0) is 48.6 Å².